The molecule has 23 heavy (non-hydrogen) atoms. The first-order chi connectivity index (χ1) is 10.9. The lowest BCUT2D eigenvalue weighted by molar-refractivity contribution is -0.130. The van der Waals surface area contributed by atoms with Crippen molar-refractivity contribution in [3.8, 4) is 12.3 Å². The largest absolute Gasteiger partial charge is 0.377 e. The highest BCUT2D eigenvalue weighted by Gasteiger charge is 2.62. The van der Waals surface area contributed by atoms with Gasteiger partial charge < -0.3 is 5.11 Å². The lowest BCUT2D eigenvalue weighted by atomic mass is 9.50. The van der Waals surface area contributed by atoms with Gasteiger partial charge >= 0.3 is 0 Å². The van der Waals surface area contributed by atoms with Gasteiger partial charge in [-0.1, -0.05) is 12.8 Å². The van der Waals surface area contributed by atoms with Crippen LogP contribution < -0.4 is 0 Å². The summed E-state index contributed by atoms with van der Waals surface area (Å²) in [5.74, 6) is 4.30. The Kier molecular flexibility index (Phi) is 3.16. The molecule has 0 spiro atoms. The molecule has 3 saturated carbocycles. The fourth-order valence-corrected chi connectivity index (χ4v) is 6.23. The first-order valence-corrected chi connectivity index (χ1v) is 8.87. The Labute approximate surface area is 137 Å². The minimum absolute atomic E-state index is 0.103. The summed E-state index contributed by atoms with van der Waals surface area (Å²) in [5, 5.41) is 10.9. The molecule has 0 bridgehead atoms. The molecule has 3 heteroatoms. The molecule has 4 aliphatic rings. The molecule has 4 aliphatic carbocycles. The van der Waals surface area contributed by atoms with E-state index in [0.717, 1.165) is 31.3 Å². The normalized spacial score (nSPS) is 48.8. The Morgan fingerprint density at radius 3 is 2.74 bits per heavy atom. The third kappa shape index (κ3) is 1.88. The Balaban J connectivity index is 1.70. The van der Waals surface area contributed by atoms with Crippen molar-refractivity contribution in [1.82, 2.24) is 0 Å². The van der Waals surface area contributed by atoms with Crippen LogP contribution in [-0.2, 0) is 9.59 Å². The third-order valence-corrected chi connectivity index (χ3v) is 7.56. The quantitative estimate of drug-likeness (QED) is 0.700. The topological polar surface area (TPSA) is 54.4 Å². The third-order valence-electron chi connectivity index (χ3n) is 7.56. The van der Waals surface area contributed by atoms with E-state index in [2.05, 4.69) is 12.8 Å². The Morgan fingerprint density at radius 2 is 2.00 bits per heavy atom. The minimum atomic E-state index is -1.02. The molecule has 0 aromatic rings. The van der Waals surface area contributed by atoms with Crippen LogP contribution in [0.15, 0.2) is 11.6 Å². The molecular formula is C20H24O3. The number of terminal acetylenes is 1. The molecule has 3 nitrogen and oxygen atoms in total. The van der Waals surface area contributed by atoms with Gasteiger partial charge in [-0.15, -0.1) is 6.42 Å². The summed E-state index contributed by atoms with van der Waals surface area (Å²) in [6, 6.07) is 0. The van der Waals surface area contributed by atoms with E-state index in [1.807, 2.05) is 0 Å². The molecule has 0 aromatic carbocycles. The second kappa shape index (κ2) is 4.80. The zero-order chi connectivity index (χ0) is 16.4. The Morgan fingerprint density at radius 1 is 1.22 bits per heavy atom. The van der Waals surface area contributed by atoms with Crippen molar-refractivity contribution in [1.29, 1.82) is 0 Å². The highest BCUT2D eigenvalue weighted by Crippen LogP contribution is 2.64. The Bertz CT molecular complexity index is 654. The average Bonchev–Trinajstić information content (AvgIpc) is 2.80. The van der Waals surface area contributed by atoms with Gasteiger partial charge in [-0.25, -0.2) is 0 Å². The number of Topliss-reactive ketones (excluding diaryl/α,β-unsaturated/α-hetero) is 1. The van der Waals surface area contributed by atoms with E-state index in [1.54, 1.807) is 6.08 Å². The summed E-state index contributed by atoms with van der Waals surface area (Å²) in [5.41, 5.74) is -0.504. The molecule has 4 rings (SSSR count). The lowest BCUT2D eigenvalue weighted by Gasteiger charge is -2.54. The van der Waals surface area contributed by atoms with Crippen molar-refractivity contribution in [2.45, 2.75) is 57.5 Å². The van der Waals surface area contributed by atoms with Gasteiger partial charge in [0.1, 0.15) is 5.60 Å². The number of ketones is 2. The van der Waals surface area contributed by atoms with Crippen LogP contribution >= 0.6 is 0 Å². The number of allylic oxidation sites excluding steroid dienone is 1. The molecule has 0 heterocycles. The van der Waals surface area contributed by atoms with Crippen LogP contribution in [0.2, 0.25) is 0 Å². The highest BCUT2D eigenvalue weighted by atomic mass is 16.3. The maximum atomic E-state index is 12.6. The first-order valence-electron chi connectivity index (χ1n) is 8.87. The summed E-state index contributed by atoms with van der Waals surface area (Å²) in [7, 11) is 0. The molecule has 0 aliphatic heterocycles. The number of aliphatic hydroxyl groups is 1. The maximum absolute atomic E-state index is 12.6. The van der Waals surface area contributed by atoms with Crippen molar-refractivity contribution >= 4 is 11.6 Å². The summed E-state index contributed by atoms with van der Waals surface area (Å²) >= 11 is 0. The smallest absolute Gasteiger partial charge is 0.159 e. The minimum Gasteiger partial charge on any atom is -0.377 e. The van der Waals surface area contributed by atoms with E-state index in [1.165, 1.54) is 0 Å². The van der Waals surface area contributed by atoms with Crippen LogP contribution in [-0.4, -0.2) is 22.3 Å². The fourth-order valence-electron chi connectivity index (χ4n) is 6.23. The molecule has 4 unspecified atom stereocenters. The second-order valence-electron chi connectivity index (χ2n) is 8.27. The van der Waals surface area contributed by atoms with E-state index >= 15 is 0 Å². The number of carbonyl (C=O) groups excluding carboxylic acids is 2. The average molecular weight is 312 g/mol. The molecule has 0 radical (unpaired) electrons. The molecule has 0 amide bonds. The van der Waals surface area contributed by atoms with Gasteiger partial charge in [0.15, 0.2) is 11.6 Å². The van der Waals surface area contributed by atoms with Crippen LogP contribution in [0.25, 0.3) is 0 Å². The zero-order valence-corrected chi connectivity index (χ0v) is 13.7. The summed E-state index contributed by atoms with van der Waals surface area (Å²) in [4.78, 5) is 24.3. The monoisotopic (exact) mass is 312 g/mol. The van der Waals surface area contributed by atoms with Crippen LogP contribution in [0.3, 0.4) is 0 Å². The van der Waals surface area contributed by atoms with Gasteiger partial charge in [0, 0.05) is 23.8 Å². The molecule has 0 aromatic heterocycles. The van der Waals surface area contributed by atoms with Crippen molar-refractivity contribution in [3.05, 3.63) is 11.6 Å². The van der Waals surface area contributed by atoms with Crippen molar-refractivity contribution < 1.29 is 14.7 Å². The predicted octanol–water partition coefficient (Wildman–Crippen LogP) is 2.67. The SMILES string of the molecule is C#C[C@]1(O)CCC2C3CC(=O)C4=CC(=O)CCC4C3CC[C@@]21C. The van der Waals surface area contributed by atoms with Gasteiger partial charge in [-0.3, -0.25) is 9.59 Å². The van der Waals surface area contributed by atoms with E-state index in [4.69, 9.17) is 6.42 Å². The molecule has 0 saturated heterocycles. The number of rotatable bonds is 0. The second-order valence-corrected chi connectivity index (χ2v) is 8.27. The van der Waals surface area contributed by atoms with E-state index in [-0.39, 0.29) is 22.9 Å². The molecule has 122 valence electrons. The van der Waals surface area contributed by atoms with Crippen LogP contribution in [0, 0.1) is 41.4 Å². The van der Waals surface area contributed by atoms with Crippen molar-refractivity contribution in [2.75, 3.05) is 0 Å². The molecule has 6 atom stereocenters. The molecular weight excluding hydrogens is 288 g/mol. The predicted molar refractivity (Wildman–Crippen MR) is 86.3 cm³/mol. The standard InChI is InChI=1S/C20H24O3/c1-3-20(23)9-7-17-15-11-18(22)16-10-12(21)4-5-13(16)14(15)6-8-19(17,20)2/h1,10,13-15,17,23H,4-9,11H2,2H3/t13?,14?,15?,17?,19-,20-/m0/s1. The molecule has 1 N–H and O–H groups in total. The summed E-state index contributed by atoms with van der Waals surface area (Å²) in [6.45, 7) is 2.13. The maximum Gasteiger partial charge on any atom is 0.159 e. The number of hydrogen-bond donors (Lipinski definition) is 1. The lowest BCUT2D eigenvalue weighted by Crippen LogP contribution is -2.53. The first kappa shape index (κ1) is 15.1. The van der Waals surface area contributed by atoms with Crippen molar-refractivity contribution in [3.63, 3.8) is 0 Å². The van der Waals surface area contributed by atoms with Gasteiger partial charge in [-0.2, -0.15) is 0 Å². The van der Waals surface area contributed by atoms with Crippen LogP contribution in [0.1, 0.15) is 51.9 Å². The number of carbonyl (C=O) groups is 2. The van der Waals surface area contributed by atoms with Gasteiger partial charge in [-0.05, 0) is 61.9 Å². The van der Waals surface area contributed by atoms with Gasteiger partial charge in [0.05, 0.1) is 0 Å². The highest BCUT2D eigenvalue weighted by molar-refractivity contribution is 6.05. The van der Waals surface area contributed by atoms with Gasteiger partial charge in [0.2, 0.25) is 0 Å². The van der Waals surface area contributed by atoms with Crippen LogP contribution in [0.4, 0.5) is 0 Å². The van der Waals surface area contributed by atoms with Crippen LogP contribution in [0.5, 0.6) is 0 Å². The van der Waals surface area contributed by atoms with Gasteiger partial charge in [0.25, 0.3) is 0 Å². The zero-order valence-electron chi connectivity index (χ0n) is 13.7. The molecule has 3 fully saturated rings. The number of hydrogen-bond acceptors (Lipinski definition) is 3. The summed E-state index contributed by atoms with van der Waals surface area (Å²) in [6.07, 6.45) is 12.7. The Hall–Kier alpha value is -1.40. The summed E-state index contributed by atoms with van der Waals surface area (Å²) < 4.78 is 0. The van der Waals surface area contributed by atoms with E-state index < -0.39 is 5.60 Å². The van der Waals surface area contributed by atoms with E-state index in [9.17, 15) is 14.7 Å². The van der Waals surface area contributed by atoms with Crippen molar-refractivity contribution in [2.24, 2.45) is 29.1 Å². The fraction of sp³-hybridized carbons (Fsp3) is 0.700. The van der Waals surface area contributed by atoms with E-state index in [0.29, 0.717) is 37.0 Å². The number of fused-ring (bicyclic) bond motifs is 5.